The molecule has 0 unspecified atom stereocenters. The Morgan fingerprint density at radius 2 is 1.86 bits per heavy atom. The molecule has 0 atom stereocenters. The molecule has 2 rings (SSSR count). The van der Waals surface area contributed by atoms with Gasteiger partial charge in [0, 0.05) is 13.6 Å². The third-order valence-corrected chi connectivity index (χ3v) is 3.28. The van der Waals surface area contributed by atoms with Gasteiger partial charge in [-0.1, -0.05) is 24.3 Å². The highest BCUT2D eigenvalue weighted by atomic mass is 19.1. The van der Waals surface area contributed by atoms with Crippen molar-refractivity contribution in [2.24, 2.45) is 0 Å². The third-order valence-electron chi connectivity index (χ3n) is 3.28. The van der Waals surface area contributed by atoms with Crippen LogP contribution in [0.3, 0.4) is 0 Å². The molecule has 0 heterocycles. The molecule has 2 aromatic carbocycles. The minimum atomic E-state index is -0.286. The first kappa shape index (κ1) is 15.8. The molecular weight excluding hydrogens is 283 g/mol. The minimum Gasteiger partial charge on any atom is -0.495 e. The Morgan fingerprint density at radius 3 is 2.55 bits per heavy atom. The highest BCUT2D eigenvalue weighted by Gasteiger charge is 2.11. The Hall–Kier alpha value is -2.56. The fourth-order valence-corrected chi connectivity index (χ4v) is 2.10. The molecule has 1 amide bonds. The number of carbonyl (C=O) groups excluding carboxylic acids is 1. The second-order valence-electron chi connectivity index (χ2n) is 4.93. The Bertz CT molecular complexity index is 629. The van der Waals surface area contributed by atoms with E-state index >= 15 is 0 Å². The first-order valence-electron chi connectivity index (χ1n) is 6.95. The monoisotopic (exact) mass is 302 g/mol. The van der Waals surface area contributed by atoms with Crippen LogP contribution in [0.4, 0.5) is 10.1 Å². The van der Waals surface area contributed by atoms with Gasteiger partial charge in [-0.2, -0.15) is 0 Å². The van der Waals surface area contributed by atoms with Gasteiger partial charge in [-0.3, -0.25) is 4.79 Å². The van der Waals surface area contributed by atoms with Gasteiger partial charge in [-0.15, -0.1) is 0 Å². The molecule has 5 heteroatoms. The Morgan fingerprint density at radius 1 is 1.18 bits per heavy atom. The molecule has 0 aliphatic heterocycles. The topological polar surface area (TPSA) is 41.6 Å². The number of hydrogen-bond donors (Lipinski definition) is 1. The van der Waals surface area contributed by atoms with Gasteiger partial charge >= 0.3 is 0 Å². The lowest BCUT2D eigenvalue weighted by molar-refractivity contribution is -0.119. The lowest BCUT2D eigenvalue weighted by Gasteiger charge is -2.21. The van der Waals surface area contributed by atoms with Gasteiger partial charge in [0.1, 0.15) is 11.6 Å². The molecule has 116 valence electrons. The summed E-state index contributed by atoms with van der Waals surface area (Å²) in [5.74, 6) is 0.319. The second-order valence-corrected chi connectivity index (χ2v) is 4.93. The summed E-state index contributed by atoms with van der Waals surface area (Å²) in [5.41, 5.74) is 1.71. The normalized spacial score (nSPS) is 10.1. The SMILES string of the molecule is COc1ccccc1N(C)CC(=O)NCc1ccc(F)cc1. The maximum atomic E-state index is 12.8. The van der Waals surface area contributed by atoms with Crippen molar-refractivity contribution < 1.29 is 13.9 Å². The first-order chi connectivity index (χ1) is 10.6. The zero-order valence-electron chi connectivity index (χ0n) is 12.7. The van der Waals surface area contributed by atoms with Crippen LogP contribution in [0.25, 0.3) is 0 Å². The van der Waals surface area contributed by atoms with Crippen LogP contribution in [0, 0.1) is 5.82 Å². The average molecular weight is 302 g/mol. The second kappa shape index (κ2) is 7.45. The summed E-state index contributed by atoms with van der Waals surface area (Å²) in [4.78, 5) is 13.8. The zero-order valence-corrected chi connectivity index (χ0v) is 12.7. The van der Waals surface area contributed by atoms with Gasteiger partial charge in [0.2, 0.25) is 5.91 Å². The molecule has 0 bridgehead atoms. The number of halogens is 1. The highest BCUT2D eigenvalue weighted by molar-refractivity contribution is 5.81. The number of likely N-dealkylation sites (N-methyl/N-ethyl adjacent to an activating group) is 1. The molecule has 0 saturated carbocycles. The molecule has 0 fully saturated rings. The largest absolute Gasteiger partial charge is 0.495 e. The maximum absolute atomic E-state index is 12.8. The Balaban J connectivity index is 1.90. The number of para-hydroxylation sites is 2. The smallest absolute Gasteiger partial charge is 0.239 e. The fourth-order valence-electron chi connectivity index (χ4n) is 2.10. The first-order valence-corrected chi connectivity index (χ1v) is 6.95. The molecule has 22 heavy (non-hydrogen) atoms. The van der Waals surface area contributed by atoms with Crippen LogP contribution in [0.15, 0.2) is 48.5 Å². The van der Waals surface area contributed by atoms with Crippen molar-refractivity contribution in [2.45, 2.75) is 6.54 Å². The fraction of sp³-hybridized carbons (Fsp3) is 0.235. The highest BCUT2D eigenvalue weighted by Crippen LogP contribution is 2.26. The molecule has 4 nitrogen and oxygen atoms in total. The molecule has 0 radical (unpaired) electrons. The number of nitrogens with zero attached hydrogens (tertiary/aromatic N) is 1. The maximum Gasteiger partial charge on any atom is 0.239 e. The number of hydrogen-bond acceptors (Lipinski definition) is 3. The van der Waals surface area contributed by atoms with Crippen molar-refractivity contribution in [3.05, 3.63) is 59.9 Å². The number of amides is 1. The van der Waals surface area contributed by atoms with Gasteiger partial charge in [-0.25, -0.2) is 4.39 Å². The summed E-state index contributed by atoms with van der Waals surface area (Å²) in [6.07, 6.45) is 0. The zero-order chi connectivity index (χ0) is 15.9. The number of anilines is 1. The van der Waals surface area contributed by atoms with Gasteiger partial charge in [0.15, 0.2) is 0 Å². The van der Waals surface area contributed by atoms with E-state index in [9.17, 15) is 9.18 Å². The minimum absolute atomic E-state index is 0.113. The predicted molar refractivity (Wildman–Crippen MR) is 84.5 cm³/mol. The summed E-state index contributed by atoms with van der Waals surface area (Å²) < 4.78 is 18.1. The van der Waals surface area contributed by atoms with Crippen LogP contribution in [-0.2, 0) is 11.3 Å². The summed E-state index contributed by atoms with van der Waals surface area (Å²) >= 11 is 0. The lowest BCUT2D eigenvalue weighted by Crippen LogP contribution is -2.34. The van der Waals surface area contributed by atoms with Crippen molar-refractivity contribution in [1.82, 2.24) is 5.32 Å². The van der Waals surface area contributed by atoms with Crippen molar-refractivity contribution in [3.63, 3.8) is 0 Å². The number of nitrogens with one attached hydrogen (secondary N) is 1. The van der Waals surface area contributed by atoms with Gasteiger partial charge in [-0.05, 0) is 29.8 Å². The molecule has 0 spiro atoms. The van der Waals surface area contributed by atoms with Crippen LogP contribution in [0.1, 0.15) is 5.56 Å². The standard InChI is InChI=1S/C17H19FN2O2/c1-20(15-5-3-4-6-16(15)22-2)12-17(21)19-11-13-7-9-14(18)10-8-13/h3-10H,11-12H2,1-2H3,(H,19,21). The van der Waals surface area contributed by atoms with E-state index in [0.717, 1.165) is 17.0 Å². The molecule has 0 saturated heterocycles. The Kier molecular flexibility index (Phi) is 5.36. The Labute approximate surface area is 129 Å². The van der Waals surface area contributed by atoms with Crippen LogP contribution >= 0.6 is 0 Å². The molecule has 0 aliphatic rings. The summed E-state index contributed by atoms with van der Waals surface area (Å²) in [5, 5.41) is 2.81. The lowest BCUT2D eigenvalue weighted by atomic mass is 10.2. The van der Waals surface area contributed by atoms with Crippen LogP contribution < -0.4 is 15.0 Å². The summed E-state index contributed by atoms with van der Waals surface area (Å²) in [6, 6.07) is 13.6. The summed E-state index contributed by atoms with van der Waals surface area (Å²) in [7, 11) is 3.43. The van der Waals surface area contributed by atoms with E-state index in [-0.39, 0.29) is 18.3 Å². The molecular formula is C17H19FN2O2. The average Bonchev–Trinajstić information content (AvgIpc) is 2.54. The number of ether oxygens (including phenoxy) is 1. The number of methoxy groups -OCH3 is 1. The van der Waals surface area contributed by atoms with E-state index in [4.69, 9.17) is 4.74 Å². The van der Waals surface area contributed by atoms with Crippen LogP contribution in [0.2, 0.25) is 0 Å². The molecule has 1 N–H and O–H groups in total. The molecule has 2 aromatic rings. The third kappa shape index (κ3) is 4.22. The van der Waals surface area contributed by atoms with E-state index in [1.54, 1.807) is 19.2 Å². The van der Waals surface area contributed by atoms with Crippen LogP contribution in [-0.4, -0.2) is 26.6 Å². The van der Waals surface area contributed by atoms with E-state index < -0.39 is 0 Å². The van der Waals surface area contributed by atoms with Gasteiger partial charge < -0.3 is 15.0 Å². The van der Waals surface area contributed by atoms with Crippen molar-refractivity contribution in [1.29, 1.82) is 0 Å². The molecule has 0 aliphatic carbocycles. The number of rotatable bonds is 6. The van der Waals surface area contributed by atoms with Gasteiger partial charge in [0.05, 0.1) is 19.3 Å². The van der Waals surface area contributed by atoms with Crippen molar-refractivity contribution in [3.8, 4) is 5.75 Å². The van der Waals surface area contributed by atoms with E-state index in [0.29, 0.717) is 6.54 Å². The quantitative estimate of drug-likeness (QED) is 0.892. The van der Waals surface area contributed by atoms with E-state index in [1.165, 1.54) is 12.1 Å². The van der Waals surface area contributed by atoms with Crippen LogP contribution in [0.5, 0.6) is 5.75 Å². The number of benzene rings is 2. The van der Waals surface area contributed by atoms with E-state index in [2.05, 4.69) is 5.32 Å². The van der Waals surface area contributed by atoms with Crippen molar-refractivity contribution in [2.75, 3.05) is 25.6 Å². The number of carbonyl (C=O) groups is 1. The van der Waals surface area contributed by atoms with Gasteiger partial charge in [0.25, 0.3) is 0 Å². The van der Waals surface area contributed by atoms with Crippen molar-refractivity contribution >= 4 is 11.6 Å². The molecule has 0 aromatic heterocycles. The summed E-state index contributed by atoms with van der Waals surface area (Å²) in [6.45, 7) is 0.584. The van der Waals surface area contributed by atoms with E-state index in [1.807, 2.05) is 36.2 Å². The predicted octanol–water partition coefficient (Wildman–Crippen LogP) is 2.59.